The van der Waals surface area contributed by atoms with Crippen LogP contribution >= 0.6 is 0 Å². The van der Waals surface area contributed by atoms with Crippen LogP contribution in [0.1, 0.15) is 60.8 Å². The van der Waals surface area contributed by atoms with Crippen molar-refractivity contribution >= 4 is 22.9 Å². The molecule has 0 atom stereocenters. The maximum atomic E-state index is 7.13. The molecule has 0 saturated carbocycles. The molecule has 0 aromatic carbocycles. The number of hydrogen-bond donors (Lipinski definition) is 0. The van der Waals surface area contributed by atoms with Gasteiger partial charge in [0.25, 0.3) is 0 Å². The third-order valence-electron chi connectivity index (χ3n) is 6.22. The molecule has 0 bridgehead atoms. The first-order valence-corrected chi connectivity index (χ1v) is 23.0. The van der Waals surface area contributed by atoms with Crippen molar-refractivity contribution in [2.24, 2.45) is 0 Å². The summed E-state index contributed by atoms with van der Waals surface area (Å²) in [6.45, 7) is 14.6. The minimum absolute atomic E-state index is 0.283. The van der Waals surface area contributed by atoms with E-state index in [1.165, 1.54) is 40.3 Å². The Bertz CT molecular complexity index is 253. The van der Waals surface area contributed by atoms with E-state index < -0.39 is 22.9 Å². The van der Waals surface area contributed by atoms with E-state index in [1.54, 1.807) is 5.25 Å². The van der Waals surface area contributed by atoms with Gasteiger partial charge in [0.05, 0.1) is 0 Å². The second-order valence-corrected chi connectivity index (χ2v) is 44.6. The SMILES string of the molecule is CCC1(CC)C[CH2][Ge]([CH2]C)([CH2]C)[Ge]([CH2]C)([CH2]C)[O]1. The summed E-state index contributed by atoms with van der Waals surface area (Å²) in [4.78, 5) is 0. The predicted octanol–water partition coefficient (Wildman–Crippen LogP) is 5.52. The van der Waals surface area contributed by atoms with Crippen molar-refractivity contribution in [2.45, 2.75) is 92.7 Å². The molecular formula is C15H34Ge2O. The summed E-state index contributed by atoms with van der Waals surface area (Å²) in [6.07, 6.45) is 3.86. The fraction of sp³-hybridized carbons (Fsp3) is 1.00. The molecule has 1 saturated heterocycles. The molecule has 0 amide bonds. The van der Waals surface area contributed by atoms with Gasteiger partial charge in [-0.15, -0.1) is 0 Å². The van der Waals surface area contributed by atoms with Crippen LogP contribution in [0.4, 0.5) is 0 Å². The Kier molecular flexibility index (Phi) is 6.33. The fourth-order valence-electron chi connectivity index (χ4n) is 4.41. The van der Waals surface area contributed by atoms with Crippen molar-refractivity contribution in [2.75, 3.05) is 0 Å². The van der Waals surface area contributed by atoms with Crippen LogP contribution in [0.25, 0.3) is 0 Å². The van der Waals surface area contributed by atoms with Crippen molar-refractivity contribution in [3.8, 4) is 0 Å². The number of hydrogen-bond acceptors (Lipinski definition) is 1. The third-order valence-corrected chi connectivity index (χ3v) is 65.3. The maximum absolute atomic E-state index is 7.13. The van der Waals surface area contributed by atoms with E-state index in [9.17, 15) is 0 Å². The zero-order chi connectivity index (χ0) is 13.9. The van der Waals surface area contributed by atoms with Gasteiger partial charge in [-0.05, 0) is 0 Å². The van der Waals surface area contributed by atoms with Gasteiger partial charge in [0.1, 0.15) is 0 Å². The summed E-state index contributed by atoms with van der Waals surface area (Å²) in [7, 11) is 0. The zero-order valence-corrected chi connectivity index (χ0v) is 17.8. The molecule has 0 N–H and O–H groups in total. The molecule has 3 heteroatoms. The predicted molar refractivity (Wildman–Crippen MR) is 87.3 cm³/mol. The van der Waals surface area contributed by atoms with E-state index in [0.717, 1.165) is 0 Å². The van der Waals surface area contributed by atoms with Gasteiger partial charge in [0, 0.05) is 0 Å². The van der Waals surface area contributed by atoms with Crippen LogP contribution in [0, 0.1) is 0 Å². The van der Waals surface area contributed by atoms with Crippen molar-refractivity contribution in [1.82, 2.24) is 0 Å². The molecule has 0 radical (unpaired) electrons. The molecule has 1 heterocycles. The molecular weight excluding hydrogens is 341 g/mol. The van der Waals surface area contributed by atoms with E-state index in [-0.39, 0.29) is 5.60 Å². The summed E-state index contributed by atoms with van der Waals surface area (Å²) in [6, 6.07) is 0. The average molecular weight is 376 g/mol. The molecule has 1 aliphatic rings. The Morgan fingerprint density at radius 1 is 0.833 bits per heavy atom. The number of rotatable bonds is 6. The van der Waals surface area contributed by atoms with Gasteiger partial charge in [-0.3, -0.25) is 0 Å². The third kappa shape index (κ3) is 2.60. The first kappa shape index (κ1) is 17.1. The van der Waals surface area contributed by atoms with Crippen molar-refractivity contribution in [3.63, 3.8) is 0 Å². The average Bonchev–Trinajstić information content (AvgIpc) is 2.46. The second-order valence-electron chi connectivity index (χ2n) is 6.18. The van der Waals surface area contributed by atoms with E-state index in [2.05, 4.69) is 41.5 Å². The molecule has 0 aromatic heterocycles. The molecule has 108 valence electrons. The summed E-state index contributed by atoms with van der Waals surface area (Å²) < 4.78 is 7.13. The molecule has 0 aromatic rings. The van der Waals surface area contributed by atoms with Gasteiger partial charge in [-0.1, -0.05) is 0 Å². The van der Waals surface area contributed by atoms with Crippen LogP contribution in [0.3, 0.4) is 0 Å². The Morgan fingerprint density at radius 3 is 1.67 bits per heavy atom. The normalized spacial score (nSPS) is 25.0. The molecule has 1 aliphatic heterocycles. The van der Waals surface area contributed by atoms with Crippen molar-refractivity contribution in [1.29, 1.82) is 0 Å². The van der Waals surface area contributed by atoms with Crippen LogP contribution < -0.4 is 0 Å². The molecule has 0 aliphatic carbocycles. The van der Waals surface area contributed by atoms with Crippen LogP contribution in [-0.2, 0) is 3.76 Å². The molecule has 1 rings (SSSR count). The van der Waals surface area contributed by atoms with Gasteiger partial charge >= 0.3 is 119 Å². The van der Waals surface area contributed by atoms with E-state index >= 15 is 0 Å². The molecule has 0 unspecified atom stereocenters. The molecule has 1 nitrogen and oxygen atoms in total. The monoisotopic (exact) mass is 378 g/mol. The summed E-state index contributed by atoms with van der Waals surface area (Å²) in [5.41, 5.74) is 0.283. The van der Waals surface area contributed by atoms with Crippen LogP contribution in [0.5, 0.6) is 0 Å². The summed E-state index contributed by atoms with van der Waals surface area (Å²) in [5, 5.41) is 7.54. The van der Waals surface area contributed by atoms with E-state index in [4.69, 9.17) is 3.76 Å². The van der Waals surface area contributed by atoms with Gasteiger partial charge in [-0.2, -0.15) is 0 Å². The first-order valence-electron chi connectivity index (χ1n) is 8.23. The van der Waals surface area contributed by atoms with Crippen molar-refractivity contribution < 1.29 is 3.76 Å². The van der Waals surface area contributed by atoms with Gasteiger partial charge < -0.3 is 0 Å². The molecule has 1 fully saturated rings. The van der Waals surface area contributed by atoms with Crippen LogP contribution in [-0.4, -0.2) is 28.5 Å². The van der Waals surface area contributed by atoms with Gasteiger partial charge in [-0.25, -0.2) is 0 Å². The molecule has 18 heavy (non-hydrogen) atoms. The fourth-order valence-corrected chi connectivity index (χ4v) is 61.8. The first-order chi connectivity index (χ1) is 8.53. The van der Waals surface area contributed by atoms with Crippen LogP contribution in [0.15, 0.2) is 0 Å². The van der Waals surface area contributed by atoms with Gasteiger partial charge in [0.15, 0.2) is 0 Å². The summed E-state index contributed by atoms with van der Waals surface area (Å²) in [5.74, 6) is 0. The topological polar surface area (TPSA) is 9.23 Å². The van der Waals surface area contributed by atoms with Crippen molar-refractivity contribution in [3.05, 3.63) is 0 Å². The molecule has 0 spiro atoms. The van der Waals surface area contributed by atoms with Crippen LogP contribution in [0.2, 0.25) is 26.3 Å². The quantitative estimate of drug-likeness (QED) is 0.556. The summed E-state index contributed by atoms with van der Waals surface area (Å²) >= 11 is -3.64. The Morgan fingerprint density at radius 2 is 1.33 bits per heavy atom. The Labute approximate surface area is 119 Å². The minimum atomic E-state index is -2.00. The second kappa shape index (κ2) is 6.67. The standard InChI is InChI=1S/C15H34Ge2O/c1-7-15(8-2)13-14-16(9-3,10-4)17(11-5,12-6)18-15/h7-14H2,1-6H3. The van der Waals surface area contributed by atoms with E-state index in [1.807, 2.05) is 0 Å². The Balaban J connectivity index is 3.14. The van der Waals surface area contributed by atoms with E-state index in [0.29, 0.717) is 0 Å². The Hall–Kier alpha value is 1.05. The zero-order valence-electron chi connectivity index (χ0n) is 13.6. The van der Waals surface area contributed by atoms with Gasteiger partial charge in [0.2, 0.25) is 0 Å².